The van der Waals surface area contributed by atoms with Gasteiger partial charge in [0.1, 0.15) is 5.82 Å². The van der Waals surface area contributed by atoms with Crippen LogP contribution in [0.4, 0.5) is 0 Å². The molecule has 0 aromatic carbocycles. The second-order valence-electron chi connectivity index (χ2n) is 3.43. The van der Waals surface area contributed by atoms with Gasteiger partial charge in [-0.15, -0.1) is 0 Å². The van der Waals surface area contributed by atoms with Gasteiger partial charge < -0.3 is 10.7 Å². The number of H-pyrrole nitrogens is 1. The highest BCUT2D eigenvalue weighted by Crippen LogP contribution is 2.08. The van der Waals surface area contributed by atoms with E-state index >= 15 is 0 Å². The van der Waals surface area contributed by atoms with Crippen LogP contribution in [0.3, 0.4) is 0 Å². The lowest BCUT2D eigenvalue weighted by Gasteiger charge is -2.04. The zero-order valence-electron chi connectivity index (χ0n) is 8.20. The molecule has 1 unspecified atom stereocenters. The van der Waals surface area contributed by atoms with Gasteiger partial charge in [0.25, 0.3) is 0 Å². The van der Waals surface area contributed by atoms with Crippen molar-refractivity contribution in [3.63, 3.8) is 0 Å². The number of nitrogens with one attached hydrogen (secondary N) is 1. The van der Waals surface area contributed by atoms with Gasteiger partial charge in [0, 0.05) is 18.7 Å². The minimum Gasteiger partial charge on any atom is -0.341 e. The van der Waals surface area contributed by atoms with Crippen molar-refractivity contribution in [2.75, 3.05) is 0 Å². The normalized spacial score (nSPS) is 13.3. The Hall–Kier alpha value is -1.42. The summed E-state index contributed by atoms with van der Waals surface area (Å²) in [5, 5.41) is 0. The molecule has 0 bridgehead atoms. The Morgan fingerprint density at radius 2 is 2.43 bits per heavy atom. The molecule has 0 radical (unpaired) electrons. The molecule has 2 rings (SSSR count). The number of imidazole rings is 1. The predicted molar refractivity (Wildman–Crippen MR) is 55.9 cm³/mol. The Bertz CT molecular complexity index is 388. The molecule has 2 aromatic heterocycles. The molecule has 0 saturated heterocycles. The van der Waals surface area contributed by atoms with Crippen LogP contribution < -0.4 is 5.73 Å². The highest BCUT2D eigenvalue weighted by molar-refractivity contribution is 5.69. The molecule has 1 atom stereocenters. The highest BCUT2D eigenvalue weighted by Gasteiger charge is 2.06. The largest absolute Gasteiger partial charge is 0.341 e. The van der Waals surface area contributed by atoms with Crippen LogP contribution >= 0.6 is 0 Å². The number of rotatable bonds is 3. The average molecular weight is 190 g/mol. The first-order valence-corrected chi connectivity index (χ1v) is 4.84. The first-order valence-electron chi connectivity index (χ1n) is 4.84. The monoisotopic (exact) mass is 190 g/mol. The van der Waals surface area contributed by atoms with Crippen molar-refractivity contribution in [2.24, 2.45) is 5.73 Å². The fraction of sp³-hybridized carbons (Fsp3) is 0.400. The zero-order valence-corrected chi connectivity index (χ0v) is 8.20. The molecule has 0 amide bonds. The quantitative estimate of drug-likeness (QED) is 0.765. The van der Waals surface area contributed by atoms with Crippen LogP contribution in [0, 0.1) is 0 Å². The fourth-order valence-electron chi connectivity index (χ4n) is 1.38. The van der Waals surface area contributed by atoms with Crippen LogP contribution in [0.1, 0.15) is 19.2 Å². The van der Waals surface area contributed by atoms with Crippen LogP contribution in [0.2, 0.25) is 0 Å². The molecule has 2 heterocycles. The average Bonchev–Trinajstić information content (AvgIpc) is 2.59. The number of pyridine rings is 1. The van der Waals surface area contributed by atoms with Crippen molar-refractivity contribution in [3.05, 3.63) is 24.2 Å². The minimum absolute atomic E-state index is 0.176. The van der Waals surface area contributed by atoms with Gasteiger partial charge in [-0.1, -0.05) is 6.92 Å². The third-order valence-corrected chi connectivity index (χ3v) is 2.29. The molecule has 0 spiro atoms. The van der Waals surface area contributed by atoms with Crippen LogP contribution in [-0.4, -0.2) is 21.0 Å². The lowest BCUT2D eigenvalue weighted by Crippen LogP contribution is -2.21. The maximum Gasteiger partial charge on any atom is 0.177 e. The minimum atomic E-state index is 0.176. The summed E-state index contributed by atoms with van der Waals surface area (Å²) in [5.41, 5.74) is 7.59. The van der Waals surface area contributed by atoms with E-state index in [-0.39, 0.29) is 6.04 Å². The number of nitrogens with two attached hydrogens (primary N) is 1. The molecule has 0 saturated carbocycles. The number of fused-ring (bicyclic) bond motifs is 1. The van der Waals surface area contributed by atoms with Gasteiger partial charge in [-0.2, -0.15) is 0 Å². The van der Waals surface area contributed by atoms with Crippen LogP contribution in [0.25, 0.3) is 11.2 Å². The maximum absolute atomic E-state index is 5.85. The number of nitrogens with zero attached hydrogens (tertiary/aromatic N) is 2. The van der Waals surface area contributed by atoms with Crippen LogP contribution in [0.5, 0.6) is 0 Å². The molecule has 14 heavy (non-hydrogen) atoms. The van der Waals surface area contributed by atoms with Crippen molar-refractivity contribution < 1.29 is 0 Å². The first kappa shape index (κ1) is 9.15. The summed E-state index contributed by atoms with van der Waals surface area (Å²) < 4.78 is 0. The first-order chi connectivity index (χ1) is 6.79. The fourth-order valence-corrected chi connectivity index (χ4v) is 1.38. The van der Waals surface area contributed by atoms with E-state index in [1.807, 2.05) is 12.1 Å². The molecule has 0 aliphatic carbocycles. The Balaban J connectivity index is 2.27. The highest BCUT2D eigenvalue weighted by atomic mass is 15.0. The number of hydrogen-bond donors (Lipinski definition) is 2. The van der Waals surface area contributed by atoms with Crippen molar-refractivity contribution in [1.29, 1.82) is 0 Å². The Morgan fingerprint density at radius 3 is 3.14 bits per heavy atom. The standard InChI is InChI=1S/C10H14N4/c1-2-7(11)6-9-13-8-4-3-5-12-10(8)14-9/h3-5,7H,2,6,11H2,1H3,(H,12,13,14). The van der Waals surface area contributed by atoms with Gasteiger partial charge in [-0.3, -0.25) is 0 Å². The van der Waals surface area contributed by atoms with E-state index in [0.29, 0.717) is 0 Å². The third kappa shape index (κ3) is 1.75. The molecule has 3 N–H and O–H groups in total. The summed E-state index contributed by atoms with van der Waals surface area (Å²) in [4.78, 5) is 11.7. The summed E-state index contributed by atoms with van der Waals surface area (Å²) in [7, 11) is 0. The van der Waals surface area contributed by atoms with E-state index in [0.717, 1.165) is 29.8 Å². The molecule has 4 heteroatoms. The molecule has 0 aliphatic rings. The Kier molecular flexibility index (Phi) is 2.45. The van der Waals surface area contributed by atoms with Crippen molar-refractivity contribution >= 4 is 11.2 Å². The second kappa shape index (κ2) is 3.75. The van der Waals surface area contributed by atoms with Crippen LogP contribution in [0.15, 0.2) is 18.3 Å². The summed E-state index contributed by atoms with van der Waals surface area (Å²) in [5.74, 6) is 0.924. The van der Waals surface area contributed by atoms with E-state index in [2.05, 4.69) is 21.9 Å². The lowest BCUT2D eigenvalue weighted by atomic mass is 10.2. The van der Waals surface area contributed by atoms with Gasteiger partial charge in [-0.05, 0) is 18.6 Å². The van der Waals surface area contributed by atoms with Crippen molar-refractivity contribution in [2.45, 2.75) is 25.8 Å². The maximum atomic E-state index is 5.85. The van der Waals surface area contributed by atoms with Crippen molar-refractivity contribution in [3.8, 4) is 0 Å². The molecule has 4 nitrogen and oxygen atoms in total. The number of hydrogen-bond acceptors (Lipinski definition) is 3. The molecular weight excluding hydrogens is 176 g/mol. The Labute approximate surface area is 82.6 Å². The van der Waals surface area contributed by atoms with Gasteiger partial charge in [0.2, 0.25) is 0 Å². The molecular formula is C10H14N4. The van der Waals surface area contributed by atoms with Gasteiger partial charge in [0.15, 0.2) is 5.65 Å². The second-order valence-corrected chi connectivity index (χ2v) is 3.43. The number of aromatic amines is 1. The third-order valence-electron chi connectivity index (χ3n) is 2.29. The molecule has 0 fully saturated rings. The number of aromatic nitrogens is 3. The van der Waals surface area contributed by atoms with E-state index in [4.69, 9.17) is 5.73 Å². The molecule has 2 aromatic rings. The van der Waals surface area contributed by atoms with E-state index in [1.54, 1.807) is 6.20 Å². The SMILES string of the molecule is CCC(N)Cc1nc2ncccc2[nH]1. The summed E-state index contributed by atoms with van der Waals surface area (Å²) in [6.45, 7) is 2.07. The van der Waals surface area contributed by atoms with E-state index < -0.39 is 0 Å². The summed E-state index contributed by atoms with van der Waals surface area (Å²) in [6, 6.07) is 4.04. The smallest absolute Gasteiger partial charge is 0.177 e. The molecule has 74 valence electrons. The summed E-state index contributed by atoms with van der Waals surface area (Å²) >= 11 is 0. The zero-order chi connectivity index (χ0) is 9.97. The lowest BCUT2D eigenvalue weighted by molar-refractivity contribution is 0.630. The van der Waals surface area contributed by atoms with E-state index in [1.165, 1.54) is 0 Å². The molecule has 0 aliphatic heterocycles. The van der Waals surface area contributed by atoms with E-state index in [9.17, 15) is 0 Å². The Morgan fingerprint density at radius 1 is 1.57 bits per heavy atom. The van der Waals surface area contributed by atoms with Gasteiger partial charge in [-0.25, -0.2) is 9.97 Å². The summed E-state index contributed by atoms with van der Waals surface area (Å²) in [6.07, 6.45) is 3.49. The predicted octanol–water partition coefficient (Wildman–Crippen LogP) is 1.24. The van der Waals surface area contributed by atoms with Crippen molar-refractivity contribution in [1.82, 2.24) is 15.0 Å². The topological polar surface area (TPSA) is 67.6 Å². The van der Waals surface area contributed by atoms with Gasteiger partial charge in [0.05, 0.1) is 5.52 Å². The van der Waals surface area contributed by atoms with Gasteiger partial charge >= 0.3 is 0 Å². The van der Waals surface area contributed by atoms with Crippen LogP contribution in [-0.2, 0) is 6.42 Å².